The van der Waals surface area contributed by atoms with Crippen LogP contribution in [0.5, 0.6) is 0 Å². The molecule has 0 atom stereocenters. The van der Waals surface area contributed by atoms with Gasteiger partial charge in [-0.1, -0.05) is 11.6 Å². The summed E-state index contributed by atoms with van der Waals surface area (Å²) in [5.74, 6) is 0. The number of aldehydes is 1. The normalized spacial score (nSPS) is 10.2. The molecule has 64 valence electrons. The van der Waals surface area contributed by atoms with Gasteiger partial charge >= 0.3 is 0 Å². The number of aromatic nitrogens is 2. The van der Waals surface area contributed by atoms with E-state index in [0.29, 0.717) is 16.2 Å². The second-order valence-electron chi connectivity index (χ2n) is 2.56. The van der Waals surface area contributed by atoms with Crippen LogP contribution in [0.4, 0.5) is 0 Å². The minimum atomic E-state index is 0.356. The van der Waals surface area contributed by atoms with Gasteiger partial charge in [-0.05, 0) is 12.1 Å². The van der Waals surface area contributed by atoms with Gasteiger partial charge in [-0.15, -0.1) is 0 Å². The van der Waals surface area contributed by atoms with Crippen molar-refractivity contribution >= 4 is 28.8 Å². The maximum absolute atomic E-state index is 10.4. The van der Waals surface area contributed by atoms with Crippen LogP contribution in [-0.4, -0.2) is 16.3 Å². The van der Waals surface area contributed by atoms with Crippen LogP contribution in [0.3, 0.4) is 0 Å². The van der Waals surface area contributed by atoms with Gasteiger partial charge in [0.1, 0.15) is 5.52 Å². The van der Waals surface area contributed by atoms with E-state index in [1.54, 1.807) is 18.3 Å². The molecule has 0 aromatic carbocycles. The molecule has 0 aliphatic carbocycles. The Hall–Kier alpha value is -1.48. The predicted octanol–water partition coefficient (Wildman–Crippen LogP) is 2.10. The van der Waals surface area contributed by atoms with Gasteiger partial charge in [0, 0.05) is 23.3 Å². The topological polar surface area (TPSA) is 42.9 Å². The molecule has 13 heavy (non-hydrogen) atoms. The number of halogens is 1. The number of carbonyl (C=O) groups is 1. The Morgan fingerprint density at radius 2 is 2.23 bits per heavy atom. The lowest BCUT2D eigenvalue weighted by Gasteiger charge is -1.97. The minimum Gasteiger partial charge on any atom is -0.298 e. The molecule has 0 saturated carbocycles. The number of hydrogen-bond acceptors (Lipinski definition) is 3. The molecule has 0 fully saturated rings. The maximum atomic E-state index is 10.4. The number of hydrogen-bond donors (Lipinski definition) is 0. The number of nitrogens with zero attached hydrogens (tertiary/aromatic N) is 2. The zero-order valence-corrected chi connectivity index (χ0v) is 7.32. The van der Waals surface area contributed by atoms with E-state index in [1.165, 1.54) is 6.20 Å². The van der Waals surface area contributed by atoms with E-state index in [4.69, 9.17) is 11.6 Å². The molecule has 0 bridgehead atoms. The van der Waals surface area contributed by atoms with Gasteiger partial charge < -0.3 is 0 Å². The fraction of sp³-hybridized carbons (Fsp3) is 0. The summed E-state index contributed by atoms with van der Waals surface area (Å²) in [6.07, 6.45) is 3.81. The van der Waals surface area contributed by atoms with Crippen LogP contribution in [0, 0.1) is 0 Å². The highest BCUT2D eigenvalue weighted by Crippen LogP contribution is 2.18. The first kappa shape index (κ1) is 8.13. The van der Waals surface area contributed by atoms with E-state index in [2.05, 4.69) is 9.97 Å². The number of rotatable bonds is 1. The Labute approximate surface area is 79.4 Å². The average Bonchev–Trinajstić information content (AvgIpc) is 2.18. The lowest BCUT2D eigenvalue weighted by molar-refractivity contribution is 0.112. The number of carbonyl (C=O) groups excluding carboxylic acids is 1. The second-order valence-corrected chi connectivity index (χ2v) is 2.92. The molecule has 0 unspecified atom stereocenters. The average molecular weight is 193 g/mol. The summed E-state index contributed by atoms with van der Waals surface area (Å²) in [6, 6.07) is 3.49. The first-order valence-corrected chi connectivity index (χ1v) is 4.04. The minimum absolute atomic E-state index is 0.356. The van der Waals surface area contributed by atoms with Gasteiger partial charge in [0.2, 0.25) is 0 Å². The van der Waals surface area contributed by atoms with Crippen molar-refractivity contribution in [2.24, 2.45) is 0 Å². The Morgan fingerprint density at radius 3 is 3.00 bits per heavy atom. The maximum Gasteiger partial charge on any atom is 0.155 e. The number of fused-ring (bicyclic) bond motifs is 1. The zero-order chi connectivity index (χ0) is 9.26. The molecule has 0 N–H and O–H groups in total. The van der Waals surface area contributed by atoms with Crippen molar-refractivity contribution in [1.29, 1.82) is 0 Å². The molecule has 3 nitrogen and oxygen atoms in total. The third-order valence-electron chi connectivity index (χ3n) is 1.71. The Morgan fingerprint density at radius 1 is 1.38 bits per heavy atom. The van der Waals surface area contributed by atoms with Crippen LogP contribution < -0.4 is 0 Å². The summed E-state index contributed by atoms with van der Waals surface area (Å²) in [6.45, 7) is 0. The van der Waals surface area contributed by atoms with E-state index >= 15 is 0 Å². The SMILES string of the molecule is O=Cc1cnc2c(Cl)nccc2c1. The van der Waals surface area contributed by atoms with E-state index in [0.717, 1.165) is 11.7 Å². The van der Waals surface area contributed by atoms with Crippen LogP contribution in [0.2, 0.25) is 5.15 Å². The fourth-order valence-corrected chi connectivity index (χ4v) is 1.32. The van der Waals surface area contributed by atoms with Crippen LogP contribution in [0.25, 0.3) is 10.9 Å². The van der Waals surface area contributed by atoms with Gasteiger partial charge in [-0.3, -0.25) is 9.78 Å². The molecule has 0 amide bonds. The molecular formula is C9H5ClN2O. The molecule has 4 heteroatoms. The van der Waals surface area contributed by atoms with Crippen LogP contribution in [0.15, 0.2) is 24.5 Å². The summed E-state index contributed by atoms with van der Waals surface area (Å²) < 4.78 is 0. The van der Waals surface area contributed by atoms with E-state index in [9.17, 15) is 4.79 Å². The fourth-order valence-electron chi connectivity index (χ4n) is 1.11. The molecule has 2 heterocycles. The number of pyridine rings is 2. The summed E-state index contributed by atoms with van der Waals surface area (Å²) in [7, 11) is 0. The summed E-state index contributed by atoms with van der Waals surface area (Å²) in [4.78, 5) is 18.3. The van der Waals surface area contributed by atoms with Crippen LogP contribution in [0.1, 0.15) is 10.4 Å². The van der Waals surface area contributed by atoms with Crippen molar-refractivity contribution in [3.63, 3.8) is 0 Å². The highest BCUT2D eigenvalue weighted by atomic mass is 35.5. The molecule has 0 spiro atoms. The molecule has 0 aliphatic rings. The van der Waals surface area contributed by atoms with Gasteiger partial charge in [0.15, 0.2) is 11.4 Å². The predicted molar refractivity (Wildman–Crippen MR) is 49.9 cm³/mol. The van der Waals surface area contributed by atoms with E-state index < -0.39 is 0 Å². The van der Waals surface area contributed by atoms with Gasteiger partial charge in [0.25, 0.3) is 0 Å². The Kier molecular flexibility index (Phi) is 1.94. The summed E-state index contributed by atoms with van der Waals surface area (Å²) in [5, 5.41) is 1.18. The summed E-state index contributed by atoms with van der Waals surface area (Å²) >= 11 is 5.79. The quantitative estimate of drug-likeness (QED) is 0.513. The van der Waals surface area contributed by atoms with Crippen molar-refractivity contribution < 1.29 is 4.79 Å². The molecule has 0 radical (unpaired) electrons. The van der Waals surface area contributed by atoms with Crippen LogP contribution >= 0.6 is 11.6 Å². The molecule has 0 aliphatic heterocycles. The zero-order valence-electron chi connectivity index (χ0n) is 6.57. The van der Waals surface area contributed by atoms with Gasteiger partial charge in [-0.2, -0.15) is 0 Å². The molecule has 0 saturated heterocycles. The van der Waals surface area contributed by atoms with Gasteiger partial charge in [-0.25, -0.2) is 4.98 Å². The smallest absolute Gasteiger partial charge is 0.155 e. The first-order chi connectivity index (χ1) is 6.31. The van der Waals surface area contributed by atoms with Crippen molar-refractivity contribution in [3.8, 4) is 0 Å². The highest BCUT2D eigenvalue weighted by Gasteiger charge is 2.01. The monoisotopic (exact) mass is 192 g/mol. The van der Waals surface area contributed by atoms with Crippen molar-refractivity contribution in [2.75, 3.05) is 0 Å². The molecule has 2 aromatic rings. The van der Waals surface area contributed by atoms with E-state index in [-0.39, 0.29) is 0 Å². The van der Waals surface area contributed by atoms with E-state index in [1.807, 2.05) is 0 Å². The molecule has 2 aromatic heterocycles. The Bertz CT molecular complexity index is 470. The van der Waals surface area contributed by atoms with Gasteiger partial charge in [0.05, 0.1) is 0 Å². The Balaban J connectivity index is 2.79. The van der Waals surface area contributed by atoms with Crippen LogP contribution in [-0.2, 0) is 0 Å². The lowest BCUT2D eigenvalue weighted by Crippen LogP contribution is -1.86. The third-order valence-corrected chi connectivity index (χ3v) is 1.99. The largest absolute Gasteiger partial charge is 0.298 e. The second kappa shape index (κ2) is 3.11. The summed E-state index contributed by atoms with van der Waals surface area (Å²) in [5.41, 5.74) is 1.16. The van der Waals surface area contributed by atoms with Crippen molar-refractivity contribution in [2.45, 2.75) is 0 Å². The lowest BCUT2D eigenvalue weighted by atomic mass is 10.2. The van der Waals surface area contributed by atoms with Crippen molar-refractivity contribution in [1.82, 2.24) is 9.97 Å². The molecular weight excluding hydrogens is 188 g/mol. The standard InChI is InChI=1S/C9H5ClN2O/c10-9-8-7(1-2-11-9)3-6(5-13)4-12-8/h1-5H. The highest BCUT2D eigenvalue weighted by molar-refractivity contribution is 6.33. The third kappa shape index (κ3) is 1.38. The van der Waals surface area contributed by atoms with Crippen molar-refractivity contribution in [3.05, 3.63) is 35.2 Å². The molecule has 2 rings (SSSR count). The first-order valence-electron chi connectivity index (χ1n) is 3.67.